The van der Waals surface area contributed by atoms with Crippen molar-refractivity contribution in [1.82, 2.24) is 0 Å². The Morgan fingerprint density at radius 1 is 0.815 bits per heavy atom. The van der Waals surface area contributed by atoms with Gasteiger partial charge in [0.1, 0.15) is 0 Å². The van der Waals surface area contributed by atoms with Crippen LogP contribution >= 0.6 is 60.7 Å². The van der Waals surface area contributed by atoms with Crippen molar-refractivity contribution in [2.45, 2.75) is 24.5 Å². The molecule has 0 aromatic heterocycles. The number of amides is 1. The summed E-state index contributed by atoms with van der Waals surface area (Å²) >= 11 is -3.07. The van der Waals surface area contributed by atoms with Gasteiger partial charge in [-0.15, -0.1) is 0 Å². The number of phenolic OH excluding ortho intramolecular Hbond substituents is 1. The Kier molecular flexibility index (Phi) is 8.27. The molecule has 0 atom stereocenters. The molecule has 2 N–H and O–H groups in total. The second-order valence-electron chi connectivity index (χ2n) is 4.53. The first-order valence-corrected chi connectivity index (χ1v) is 9.98. The highest BCUT2D eigenvalue weighted by atomic mass is 32.2. The molecule has 14 heteroatoms. The molecule has 146 valence electrons. The topological polar surface area (TPSA) is 49.3 Å². The van der Waals surface area contributed by atoms with Crippen molar-refractivity contribution in [2.75, 3.05) is 5.32 Å². The molecule has 3 nitrogen and oxygen atoms in total. The lowest BCUT2D eigenvalue weighted by atomic mass is 10.2. The Hall–Kier alpha value is -0.960. The molecule has 0 spiro atoms. The zero-order chi connectivity index (χ0) is 20.1. The van der Waals surface area contributed by atoms with E-state index in [0.717, 1.165) is 12.1 Å². The minimum atomic E-state index is -1.13. The lowest BCUT2D eigenvalue weighted by molar-refractivity contribution is 0.102. The largest absolute Gasteiger partial charge is 0.505 e. The van der Waals surface area contributed by atoms with Gasteiger partial charge in [0.05, 0.1) is 90.9 Å². The zero-order valence-electron chi connectivity index (χ0n) is 12.4. The molecule has 0 fully saturated rings. The molecule has 0 unspecified atom stereocenters. The maximum Gasteiger partial charge on any atom is 0.255 e. The fraction of sp³-hybridized carbons (Fsp3) is 0. The van der Waals surface area contributed by atoms with Crippen LogP contribution in [0.1, 0.15) is 10.4 Å². The summed E-state index contributed by atoms with van der Waals surface area (Å²) in [5.41, 5.74) is -0.991. The molecule has 2 rings (SSSR count). The average molecular weight is 482 g/mol. The van der Waals surface area contributed by atoms with Crippen LogP contribution in [-0.2, 0) is 0 Å². The minimum absolute atomic E-state index is 0.345. The van der Waals surface area contributed by atoms with Gasteiger partial charge in [0, 0.05) is 5.56 Å². The summed E-state index contributed by atoms with van der Waals surface area (Å²) in [7, 11) is 0. The van der Waals surface area contributed by atoms with Crippen LogP contribution in [0, 0.1) is 5.82 Å². The molecule has 0 saturated heterocycles. The first kappa shape index (κ1) is 22.3. The maximum absolute atomic E-state index is 13.4. The summed E-state index contributed by atoms with van der Waals surface area (Å²) in [4.78, 5) is 8.81. The second-order valence-corrected chi connectivity index (χ2v) is 7.34. The third-order valence-electron chi connectivity index (χ3n) is 3.11. The molecular weight excluding hydrogens is 476 g/mol. The average Bonchev–Trinajstić information content (AvgIpc) is 2.68. The third kappa shape index (κ3) is 4.55. The number of hydrogen-bond acceptors (Lipinski definition) is 7. The number of hydrogen-bond donors (Lipinski definition) is 2. The van der Waals surface area contributed by atoms with Gasteiger partial charge >= 0.3 is 0 Å². The van der Waals surface area contributed by atoms with Crippen LogP contribution in [0.3, 0.4) is 0 Å². The van der Waals surface area contributed by atoms with Crippen molar-refractivity contribution in [1.29, 1.82) is 0 Å². The maximum atomic E-state index is 13.4. The van der Waals surface area contributed by atoms with E-state index >= 15 is 0 Å². The number of anilines is 1. The summed E-state index contributed by atoms with van der Waals surface area (Å²) in [6, 6.07) is 2.53. The van der Waals surface area contributed by atoms with E-state index in [2.05, 4.69) is 0 Å². The normalized spacial score (nSPS) is 10.9. The third-order valence-corrected chi connectivity index (χ3v) is 6.44. The molecule has 0 heterocycles. The monoisotopic (exact) mass is 481 g/mol. The van der Waals surface area contributed by atoms with Gasteiger partial charge in [-0.2, -0.15) is 19.4 Å². The molecule has 0 bridgehead atoms. The van der Waals surface area contributed by atoms with Gasteiger partial charge in [-0.05, 0) is 18.2 Å². The van der Waals surface area contributed by atoms with Crippen LogP contribution in [0.25, 0.3) is 0 Å². The predicted octanol–water partition coefficient (Wildman–Crippen LogP) is 7.67. The molecule has 2 aromatic carbocycles. The highest BCUT2D eigenvalue weighted by Gasteiger charge is 2.29. The molecular formula is C13H5F6NO2S5. The SMILES string of the molecule is O=C(Nc1c(SF)c(SF)c(SF)c(SF)c1SF)c1ccc(O)c(F)c1. The highest BCUT2D eigenvalue weighted by Crippen LogP contribution is 2.54. The number of benzene rings is 2. The number of carbonyl (C=O) groups is 1. The second kappa shape index (κ2) is 10.0. The fourth-order valence-electron chi connectivity index (χ4n) is 1.94. The fourth-order valence-corrected chi connectivity index (χ4v) is 4.80. The smallest absolute Gasteiger partial charge is 0.255 e. The van der Waals surface area contributed by atoms with E-state index in [1.54, 1.807) is 0 Å². The van der Waals surface area contributed by atoms with Crippen molar-refractivity contribution in [3.8, 4) is 5.75 Å². The molecule has 0 saturated carbocycles. The van der Waals surface area contributed by atoms with Crippen molar-refractivity contribution in [3.63, 3.8) is 0 Å². The summed E-state index contributed by atoms with van der Waals surface area (Å²) < 4.78 is 79.8. The van der Waals surface area contributed by atoms with E-state index in [4.69, 9.17) is 5.11 Å². The van der Waals surface area contributed by atoms with Crippen molar-refractivity contribution in [3.05, 3.63) is 29.6 Å². The molecule has 0 radical (unpaired) electrons. The van der Waals surface area contributed by atoms with Gasteiger partial charge in [0.25, 0.3) is 5.91 Å². The Morgan fingerprint density at radius 3 is 1.67 bits per heavy atom. The first-order chi connectivity index (χ1) is 12.9. The van der Waals surface area contributed by atoms with Crippen LogP contribution in [-0.4, -0.2) is 11.0 Å². The number of rotatable bonds is 7. The standard InChI is InChI=1S/C13H5F6NO2S5/c14-5-3-4(1-2-6(5)21)13(22)20-7-8(23-15)10(25-17)12(27-19)11(26-18)9(7)24-16/h1-3,21H,(H,20,22). The number of phenols is 1. The zero-order valence-corrected chi connectivity index (χ0v) is 16.5. The van der Waals surface area contributed by atoms with Crippen LogP contribution in [0.5, 0.6) is 5.75 Å². The number of nitrogens with one attached hydrogen (secondary N) is 1. The predicted molar refractivity (Wildman–Crippen MR) is 97.3 cm³/mol. The number of carbonyl (C=O) groups excluding carboxylic acids is 1. The van der Waals surface area contributed by atoms with E-state index < -0.39 is 108 Å². The van der Waals surface area contributed by atoms with Gasteiger partial charge < -0.3 is 10.4 Å². The van der Waals surface area contributed by atoms with Crippen LogP contribution in [0.15, 0.2) is 42.7 Å². The molecule has 27 heavy (non-hydrogen) atoms. The highest BCUT2D eigenvalue weighted by molar-refractivity contribution is 8.00. The molecule has 0 aliphatic heterocycles. The summed E-state index contributed by atoms with van der Waals surface area (Å²) in [6.07, 6.45) is 0. The quantitative estimate of drug-likeness (QED) is 0.394. The Labute approximate surface area is 170 Å². The van der Waals surface area contributed by atoms with Crippen molar-refractivity contribution in [2.24, 2.45) is 0 Å². The van der Waals surface area contributed by atoms with Crippen molar-refractivity contribution < 1.29 is 33.7 Å². The molecule has 1 amide bonds. The first-order valence-electron chi connectivity index (χ1n) is 6.40. The van der Waals surface area contributed by atoms with E-state index in [1.807, 2.05) is 5.32 Å². The van der Waals surface area contributed by atoms with Gasteiger partial charge in [-0.25, -0.2) is 4.39 Å². The van der Waals surface area contributed by atoms with Gasteiger partial charge in [-0.1, -0.05) is 0 Å². The minimum Gasteiger partial charge on any atom is -0.505 e. The molecule has 0 aliphatic rings. The van der Waals surface area contributed by atoms with Crippen LogP contribution in [0.2, 0.25) is 0 Å². The lowest BCUT2D eigenvalue weighted by Crippen LogP contribution is -2.14. The molecule has 0 aliphatic carbocycles. The van der Waals surface area contributed by atoms with Crippen molar-refractivity contribution >= 4 is 72.3 Å². The summed E-state index contributed by atoms with van der Waals surface area (Å²) in [5.74, 6) is -2.94. The number of halogens is 6. The van der Waals surface area contributed by atoms with E-state index in [0.29, 0.717) is 6.07 Å². The van der Waals surface area contributed by atoms with Gasteiger partial charge in [0.2, 0.25) is 0 Å². The lowest BCUT2D eigenvalue weighted by Gasteiger charge is -2.18. The Balaban J connectivity index is 2.63. The number of aromatic hydroxyl groups is 1. The van der Waals surface area contributed by atoms with Crippen LogP contribution in [0.4, 0.5) is 29.5 Å². The molecule has 2 aromatic rings. The Morgan fingerprint density at radius 2 is 1.26 bits per heavy atom. The van der Waals surface area contributed by atoms with E-state index in [9.17, 15) is 28.6 Å². The van der Waals surface area contributed by atoms with Gasteiger partial charge in [-0.3, -0.25) is 4.79 Å². The Bertz CT molecular complexity index is 839. The van der Waals surface area contributed by atoms with Crippen LogP contribution < -0.4 is 5.32 Å². The van der Waals surface area contributed by atoms with E-state index in [-0.39, 0.29) is 5.56 Å². The summed E-state index contributed by atoms with van der Waals surface area (Å²) in [5, 5.41) is 11.2. The summed E-state index contributed by atoms with van der Waals surface area (Å²) in [6.45, 7) is 0. The van der Waals surface area contributed by atoms with E-state index in [1.165, 1.54) is 0 Å². The van der Waals surface area contributed by atoms with Gasteiger partial charge in [0.15, 0.2) is 11.6 Å².